The van der Waals surface area contributed by atoms with Gasteiger partial charge >= 0.3 is 24.2 Å². The van der Waals surface area contributed by atoms with E-state index in [0.717, 1.165) is 89.9 Å². The van der Waals surface area contributed by atoms with E-state index in [4.69, 9.17) is 4.74 Å². The zero-order chi connectivity index (χ0) is 34.2. The molecule has 12 heteroatoms. The van der Waals surface area contributed by atoms with Crippen LogP contribution in [0.2, 0.25) is 0 Å². The van der Waals surface area contributed by atoms with Gasteiger partial charge in [-0.1, -0.05) is 103 Å². The van der Waals surface area contributed by atoms with Gasteiger partial charge in [-0.3, -0.25) is 0 Å². The fraction of sp³-hybridized carbons (Fsp3) is 0.886. The molecule has 1 aliphatic carbocycles. The molecule has 1 fully saturated rings. The largest absolute Gasteiger partial charge is 0.453 e. The lowest BCUT2D eigenvalue weighted by molar-refractivity contribution is 0.143. The summed E-state index contributed by atoms with van der Waals surface area (Å²) < 4.78 is 9.81. The quantitative estimate of drug-likeness (QED) is 0.0516. The smallest absolute Gasteiger partial charge is 0.407 e. The maximum atomic E-state index is 12.5. The average Bonchev–Trinajstić information content (AvgIpc) is 3.06. The van der Waals surface area contributed by atoms with Gasteiger partial charge < -0.3 is 41.4 Å². The molecule has 274 valence electrons. The summed E-state index contributed by atoms with van der Waals surface area (Å²) in [5.41, 5.74) is 0. The Morgan fingerprint density at radius 2 is 0.894 bits per heavy atom. The molecule has 6 amide bonds. The van der Waals surface area contributed by atoms with Gasteiger partial charge in [-0.15, -0.1) is 0 Å². The Morgan fingerprint density at radius 3 is 1.34 bits per heavy atom. The number of unbranched alkanes of at least 4 members (excludes halogenated alkanes) is 15. The Kier molecular flexibility index (Phi) is 27.2. The molecule has 0 saturated heterocycles. The van der Waals surface area contributed by atoms with Crippen molar-refractivity contribution in [1.82, 2.24) is 31.9 Å². The number of urea groups is 2. The van der Waals surface area contributed by atoms with Gasteiger partial charge in [-0.25, -0.2) is 19.2 Å². The fourth-order valence-electron chi connectivity index (χ4n) is 5.78. The van der Waals surface area contributed by atoms with Crippen LogP contribution in [-0.2, 0) is 9.47 Å². The molecule has 1 saturated carbocycles. The highest BCUT2D eigenvalue weighted by molar-refractivity contribution is 5.76. The van der Waals surface area contributed by atoms with Gasteiger partial charge in [0.1, 0.15) is 0 Å². The lowest BCUT2D eigenvalue weighted by Crippen LogP contribution is -2.56. The van der Waals surface area contributed by atoms with Gasteiger partial charge in [0.2, 0.25) is 0 Å². The Bertz CT molecular complexity index is 817. The predicted molar refractivity (Wildman–Crippen MR) is 188 cm³/mol. The molecular weight excluding hydrogens is 600 g/mol. The highest BCUT2D eigenvalue weighted by Gasteiger charge is 2.27. The molecule has 0 heterocycles. The molecule has 2 atom stereocenters. The normalized spacial score (nSPS) is 15.7. The van der Waals surface area contributed by atoms with E-state index in [0.29, 0.717) is 32.8 Å². The summed E-state index contributed by atoms with van der Waals surface area (Å²) >= 11 is 0. The highest BCUT2D eigenvalue weighted by Crippen LogP contribution is 2.18. The van der Waals surface area contributed by atoms with Crippen molar-refractivity contribution in [2.45, 2.75) is 160 Å². The Labute approximate surface area is 284 Å². The van der Waals surface area contributed by atoms with E-state index in [1.54, 1.807) is 0 Å². The first-order valence-electron chi connectivity index (χ1n) is 18.8. The van der Waals surface area contributed by atoms with Crippen LogP contribution in [0.4, 0.5) is 19.2 Å². The topological polar surface area (TPSA) is 159 Å². The molecule has 47 heavy (non-hydrogen) atoms. The molecule has 1 rings (SSSR count). The van der Waals surface area contributed by atoms with Gasteiger partial charge in [0.15, 0.2) is 0 Å². The highest BCUT2D eigenvalue weighted by atomic mass is 16.5. The summed E-state index contributed by atoms with van der Waals surface area (Å²) in [6.45, 7) is 5.09. The molecule has 0 aromatic rings. The van der Waals surface area contributed by atoms with Crippen molar-refractivity contribution in [1.29, 1.82) is 0 Å². The molecule has 0 spiro atoms. The number of carbonyl (C=O) groups is 4. The van der Waals surface area contributed by atoms with E-state index in [2.05, 4.69) is 43.6 Å². The first kappa shape index (κ1) is 42.1. The third-order valence-electron chi connectivity index (χ3n) is 8.63. The van der Waals surface area contributed by atoms with Crippen molar-refractivity contribution in [2.75, 3.05) is 39.9 Å². The number of amides is 6. The molecule has 0 aromatic heterocycles. The monoisotopic (exact) mass is 669 g/mol. The maximum absolute atomic E-state index is 12.5. The van der Waals surface area contributed by atoms with Crippen molar-refractivity contribution in [3.05, 3.63) is 0 Å². The SMILES string of the molecule is CCCCCCCCCCCCOC(=O)NCCCCCCNC(=O)N[C@H]1CCCC[C@@H]1NC(=O)NCCCCCCNC(=O)OC. The van der Waals surface area contributed by atoms with Gasteiger partial charge in [-0.2, -0.15) is 0 Å². The molecular formula is C35H68N6O6. The number of nitrogens with one attached hydrogen (secondary N) is 6. The van der Waals surface area contributed by atoms with Crippen molar-refractivity contribution in [3.63, 3.8) is 0 Å². The van der Waals surface area contributed by atoms with Gasteiger partial charge in [0.05, 0.1) is 25.8 Å². The molecule has 0 unspecified atom stereocenters. The first-order chi connectivity index (χ1) is 23.0. The predicted octanol–water partition coefficient (Wildman–Crippen LogP) is 7.02. The third kappa shape index (κ3) is 25.8. The van der Waals surface area contributed by atoms with Crippen LogP contribution in [0.5, 0.6) is 0 Å². The fourth-order valence-corrected chi connectivity index (χ4v) is 5.78. The third-order valence-corrected chi connectivity index (χ3v) is 8.63. The van der Waals surface area contributed by atoms with Crippen molar-refractivity contribution in [3.8, 4) is 0 Å². The summed E-state index contributed by atoms with van der Waals surface area (Å²) in [5.74, 6) is 0. The lowest BCUT2D eigenvalue weighted by Gasteiger charge is -2.32. The molecule has 0 aliphatic heterocycles. The number of alkyl carbamates (subject to hydrolysis) is 2. The Balaban J connectivity index is 1.99. The number of hydrogen-bond donors (Lipinski definition) is 6. The zero-order valence-corrected chi connectivity index (χ0v) is 29.7. The first-order valence-corrected chi connectivity index (χ1v) is 18.8. The summed E-state index contributed by atoms with van der Waals surface area (Å²) in [7, 11) is 1.35. The number of carbonyl (C=O) groups excluding carboxylic acids is 4. The van der Waals surface area contributed by atoms with E-state index in [1.165, 1.54) is 58.5 Å². The summed E-state index contributed by atoms with van der Waals surface area (Å²) in [6, 6.07) is -0.577. The molecule has 0 radical (unpaired) electrons. The van der Waals surface area contributed by atoms with Crippen LogP contribution >= 0.6 is 0 Å². The second-order valence-corrected chi connectivity index (χ2v) is 12.8. The summed E-state index contributed by atoms with van der Waals surface area (Å²) in [6.07, 6.45) is 22.9. The van der Waals surface area contributed by atoms with E-state index in [-0.39, 0.29) is 30.2 Å². The molecule has 0 aromatic carbocycles. The number of rotatable bonds is 27. The van der Waals surface area contributed by atoms with E-state index in [9.17, 15) is 19.2 Å². The number of hydrogen-bond acceptors (Lipinski definition) is 6. The zero-order valence-electron chi connectivity index (χ0n) is 29.7. The molecule has 6 N–H and O–H groups in total. The van der Waals surface area contributed by atoms with Gasteiger partial charge in [0.25, 0.3) is 0 Å². The molecule has 0 bridgehead atoms. The van der Waals surface area contributed by atoms with Gasteiger partial charge in [0, 0.05) is 26.2 Å². The molecule has 12 nitrogen and oxygen atoms in total. The standard InChI is InChI=1S/C35H68N6O6/c1-3-4-5-6-7-8-9-10-15-22-29-47-35(45)39-28-21-14-12-19-26-37-33(43)41-31-24-17-16-23-30(31)40-32(42)36-25-18-11-13-20-27-38-34(44)46-2/h30-31H,3-29H2,1-2H3,(H,38,44)(H,39,45)(H2,36,40,42)(H2,37,41,43)/t30-,31-/m0/s1. The summed E-state index contributed by atoms with van der Waals surface area (Å²) in [5, 5.41) is 17.4. The minimum Gasteiger partial charge on any atom is -0.453 e. The maximum Gasteiger partial charge on any atom is 0.407 e. The second kappa shape index (κ2) is 30.4. The second-order valence-electron chi connectivity index (χ2n) is 12.8. The van der Waals surface area contributed by atoms with Crippen LogP contribution < -0.4 is 31.9 Å². The number of ether oxygens (including phenoxy) is 2. The summed E-state index contributed by atoms with van der Waals surface area (Å²) in [4.78, 5) is 47.8. The van der Waals surface area contributed by atoms with Crippen molar-refractivity contribution in [2.24, 2.45) is 0 Å². The minimum atomic E-state index is -0.415. The van der Waals surface area contributed by atoms with E-state index < -0.39 is 6.09 Å². The molecule has 1 aliphatic rings. The average molecular weight is 669 g/mol. The van der Waals surface area contributed by atoms with E-state index in [1.807, 2.05) is 0 Å². The number of methoxy groups -OCH3 is 1. The van der Waals surface area contributed by atoms with Crippen LogP contribution in [0.3, 0.4) is 0 Å². The van der Waals surface area contributed by atoms with Crippen LogP contribution in [0.15, 0.2) is 0 Å². The van der Waals surface area contributed by atoms with Crippen molar-refractivity contribution < 1.29 is 28.7 Å². The minimum absolute atomic E-state index is 0.0898. The van der Waals surface area contributed by atoms with Crippen molar-refractivity contribution >= 4 is 24.2 Å². The van der Waals surface area contributed by atoms with Crippen LogP contribution in [0, 0.1) is 0 Å². The Morgan fingerprint density at radius 1 is 0.511 bits per heavy atom. The lowest BCUT2D eigenvalue weighted by atomic mass is 9.90. The van der Waals surface area contributed by atoms with Crippen LogP contribution in [0.1, 0.15) is 148 Å². The van der Waals surface area contributed by atoms with Gasteiger partial charge in [-0.05, 0) is 44.9 Å². The van der Waals surface area contributed by atoms with Crippen LogP contribution in [-0.4, -0.2) is 76.2 Å². The van der Waals surface area contributed by atoms with Crippen LogP contribution in [0.25, 0.3) is 0 Å². The van der Waals surface area contributed by atoms with E-state index >= 15 is 0 Å². The Hall–Kier alpha value is -2.92.